The number of benzene rings is 1. The van der Waals surface area contributed by atoms with Crippen LogP contribution in [0, 0.1) is 0 Å². The molecular weight excluding hydrogens is 254 g/mol. The van der Waals surface area contributed by atoms with Gasteiger partial charge in [0.1, 0.15) is 0 Å². The van der Waals surface area contributed by atoms with Gasteiger partial charge in [-0.1, -0.05) is 0 Å². The molecule has 1 saturated heterocycles. The summed E-state index contributed by atoms with van der Waals surface area (Å²) in [5, 5.41) is 3.15. The van der Waals surface area contributed by atoms with E-state index in [0.29, 0.717) is 17.9 Å². The van der Waals surface area contributed by atoms with Crippen molar-refractivity contribution in [2.75, 3.05) is 23.3 Å². The molecular formula is C13H18F2N2S. The van der Waals surface area contributed by atoms with Gasteiger partial charge in [0.15, 0.2) is 0 Å². The minimum Gasteiger partial charge on any atom is -0.399 e. The molecule has 0 radical (unpaired) electrons. The van der Waals surface area contributed by atoms with Crippen molar-refractivity contribution in [3.8, 4) is 0 Å². The second-order valence-corrected chi connectivity index (χ2v) is 6.59. The minimum absolute atomic E-state index is 0.0124. The van der Waals surface area contributed by atoms with Crippen LogP contribution in [0.25, 0.3) is 0 Å². The van der Waals surface area contributed by atoms with Crippen LogP contribution in [0.1, 0.15) is 31.8 Å². The molecule has 1 heterocycles. The highest BCUT2D eigenvalue weighted by molar-refractivity contribution is 8.00. The van der Waals surface area contributed by atoms with Crippen molar-refractivity contribution in [2.45, 2.75) is 30.9 Å². The molecule has 1 aromatic carbocycles. The number of hydrogen-bond acceptors (Lipinski definition) is 3. The van der Waals surface area contributed by atoms with Gasteiger partial charge in [0.05, 0.1) is 0 Å². The number of nitrogen functional groups attached to an aromatic ring is 1. The number of nitrogens with one attached hydrogen (secondary N) is 1. The van der Waals surface area contributed by atoms with Gasteiger partial charge >= 0.3 is 0 Å². The van der Waals surface area contributed by atoms with Gasteiger partial charge in [-0.2, -0.15) is 11.8 Å². The maximum absolute atomic E-state index is 12.9. The molecule has 2 rings (SSSR count). The van der Waals surface area contributed by atoms with Crippen molar-refractivity contribution < 1.29 is 8.78 Å². The van der Waals surface area contributed by atoms with Crippen LogP contribution >= 0.6 is 11.8 Å². The van der Waals surface area contributed by atoms with Crippen molar-refractivity contribution in [2.24, 2.45) is 0 Å². The molecule has 1 fully saturated rings. The van der Waals surface area contributed by atoms with Gasteiger partial charge in [0.2, 0.25) is 0 Å². The highest BCUT2D eigenvalue weighted by atomic mass is 32.2. The van der Waals surface area contributed by atoms with Crippen molar-refractivity contribution in [3.63, 3.8) is 0 Å². The fraction of sp³-hybridized carbons (Fsp3) is 0.538. The molecule has 0 spiro atoms. The lowest BCUT2D eigenvalue weighted by Crippen LogP contribution is -2.27. The fourth-order valence-electron chi connectivity index (χ4n) is 2.18. The van der Waals surface area contributed by atoms with Crippen molar-refractivity contribution in [1.82, 2.24) is 0 Å². The van der Waals surface area contributed by atoms with E-state index in [1.807, 2.05) is 11.8 Å². The summed E-state index contributed by atoms with van der Waals surface area (Å²) in [4.78, 5) is 0. The third-order valence-corrected chi connectivity index (χ3v) is 4.80. The number of nitrogens with two attached hydrogens (primary N) is 1. The summed E-state index contributed by atoms with van der Waals surface area (Å²) in [6.45, 7) is 2.89. The molecule has 0 saturated carbocycles. The van der Waals surface area contributed by atoms with Gasteiger partial charge in [0.25, 0.3) is 6.43 Å². The first-order valence-corrected chi connectivity index (χ1v) is 7.04. The molecule has 2 nitrogen and oxygen atoms in total. The number of hydrogen-bond donors (Lipinski definition) is 2. The fourth-order valence-corrected chi connectivity index (χ4v) is 3.43. The first kappa shape index (κ1) is 13.5. The topological polar surface area (TPSA) is 38.0 Å². The van der Waals surface area contributed by atoms with Crippen LogP contribution in [-0.2, 0) is 0 Å². The van der Waals surface area contributed by atoms with Gasteiger partial charge in [-0.3, -0.25) is 0 Å². The first-order valence-electron chi connectivity index (χ1n) is 6.06. The van der Waals surface area contributed by atoms with E-state index in [-0.39, 0.29) is 10.3 Å². The Balaban J connectivity index is 2.09. The molecule has 0 amide bonds. The van der Waals surface area contributed by atoms with Crippen LogP contribution in [0.15, 0.2) is 18.2 Å². The zero-order valence-corrected chi connectivity index (χ0v) is 11.2. The highest BCUT2D eigenvalue weighted by Crippen LogP contribution is 2.38. The number of alkyl halides is 2. The summed E-state index contributed by atoms with van der Waals surface area (Å²) in [6, 6.07) is 4.63. The summed E-state index contributed by atoms with van der Waals surface area (Å²) >= 11 is 1.91. The van der Waals surface area contributed by atoms with Gasteiger partial charge in [-0.05, 0) is 43.7 Å². The molecule has 0 aliphatic carbocycles. The van der Waals surface area contributed by atoms with E-state index >= 15 is 0 Å². The predicted octanol–water partition coefficient (Wildman–Crippen LogP) is 3.90. The molecule has 0 aromatic heterocycles. The van der Waals surface area contributed by atoms with Crippen LogP contribution in [0.5, 0.6) is 0 Å². The SMILES string of the molecule is CC1(CNc2ccc(N)cc2C(F)F)CCCS1. The van der Waals surface area contributed by atoms with Crippen molar-refractivity contribution in [3.05, 3.63) is 23.8 Å². The van der Waals surface area contributed by atoms with Gasteiger partial charge in [0, 0.05) is 28.2 Å². The lowest BCUT2D eigenvalue weighted by atomic mass is 10.1. The number of anilines is 2. The summed E-state index contributed by atoms with van der Waals surface area (Å²) < 4.78 is 26.0. The van der Waals surface area contributed by atoms with Gasteiger partial charge in [-0.25, -0.2) is 8.78 Å². The molecule has 1 aromatic rings. The molecule has 1 unspecified atom stereocenters. The Morgan fingerprint density at radius 2 is 2.28 bits per heavy atom. The monoisotopic (exact) mass is 272 g/mol. The summed E-state index contributed by atoms with van der Waals surface area (Å²) in [6.07, 6.45) is -0.171. The zero-order valence-electron chi connectivity index (χ0n) is 10.4. The number of thioether (sulfide) groups is 1. The maximum Gasteiger partial charge on any atom is 0.265 e. The van der Waals surface area contributed by atoms with E-state index in [9.17, 15) is 8.78 Å². The molecule has 5 heteroatoms. The number of rotatable bonds is 4. The van der Waals surface area contributed by atoms with Crippen LogP contribution in [0.2, 0.25) is 0 Å². The van der Waals surface area contributed by atoms with Crippen LogP contribution in [-0.4, -0.2) is 17.0 Å². The summed E-state index contributed by atoms with van der Waals surface area (Å²) in [5.41, 5.74) is 6.40. The number of halogens is 2. The van der Waals surface area contributed by atoms with Crippen LogP contribution < -0.4 is 11.1 Å². The first-order chi connectivity index (χ1) is 8.50. The van der Waals surface area contributed by atoms with Gasteiger partial charge in [-0.15, -0.1) is 0 Å². The van der Waals surface area contributed by atoms with Gasteiger partial charge < -0.3 is 11.1 Å². The Labute approximate surface area is 110 Å². The van der Waals surface area contributed by atoms with E-state index in [0.717, 1.165) is 12.2 Å². The van der Waals surface area contributed by atoms with Crippen molar-refractivity contribution in [1.29, 1.82) is 0 Å². The molecule has 1 aliphatic heterocycles. The molecule has 1 aliphatic rings. The lowest BCUT2D eigenvalue weighted by Gasteiger charge is -2.24. The Kier molecular flexibility index (Phi) is 4.00. The third kappa shape index (κ3) is 3.07. The largest absolute Gasteiger partial charge is 0.399 e. The molecule has 100 valence electrons. The Bertz CT molecular complexity index is 417. The minimum atomic E-state index is -2.50. The molecule has 18 heavy (non-hydrogen) atoms. The van der Waals surface area contributed by atoms with Crippen LogP contribution in [0.3, 0.4) is 0 Å². The Hall–Kier alpha value is -0.970. The normalized spacial score (nSPS) is 23.6. The smallest absolute Gasteiger partial charge is 0.265 e. The Morgan fingerprint density at radius 1 is 1.50 bits per heavy atom. The average Bonchev–Trinajstić information content (AvgIpc) is 2.75. The van der Waals surface area contributed by atoms with E-state index < -0.39 is 6.43 Å². The zero-order chi connectivity index (χ0) is 13.2. The predicted molar refractivity (Wildman–Crippen MR) is 74.4 cm³/mol. The maximum atomic E-state index is 12.9. The highest BCUT2D eigenvalue weighted by Gasteiger charge is 2.29. The Morgan fingerprint density at radius 3 is 2.89 bits per heavy atom. The lowest BCUT2D eigenvalue weighted by molar-refractivity contribution is 0.152. The quantitative estimate of drug-likeness (QED) is 0.816. The molecule has 1 atom stereocenters. The van der Waals surface area contributed by atoms with Crippen LogP contribution in [0.4, 0.5) is 20.2 Å². The second-order valence-electron chi connectivity index (χ2n) is 4.90. The third-order valence-electron chi connectivity index (χ3n) is 3.26. The standard InChI is InChI=1S/C13H18F2N2S/c1-13(5-2-6-18-13)8-17-11-4-3-9(16)7-10(11)12(14)15/h3-4,7,12,17H,2,5-6,8,16H2,1H3. The second kappa shape index (κ2) is 5.34. The molecule has 3 N–H and O–H groups in total. The summed E-state index contributed by atoms with van der Waals surface area (Å²) in [5.74, 6) is 1.15. The van der Waals surface area contributed by atoms with E-state index in [1.165, 1.54) is 12.5 Å². The van der Waals surface area contributed by atoms with E-state index in [2.05, 4.69) is 12.2 Å². The summed E-state index contributed by atoms with van der Waals surface area (Å²) in [7, 11) is 0. The van der Waals surface area contributed by atoms with E-state index in [1.54, 1.807) is 12.1 Å². The average molecular weight is 272 g/mol. The van der Waals surface area contributed by atoms with E-state index in [4.69, 9.17) is 5.73 Å². The van der Waals surface area contributed by atoms with Crippen molar-refractivity contribution >= 4 is 23.1 Å². The molecule has 0 bridgehead atoms.